The summed E-state index contributed by atoms with van der Waals surface area (Å²) < 4.78 is 10.8. The van der Waals surface area contributed by atoms with Crippen LogP contribution in [0.1, 0.15) is 51.9 Å². The van der Waals surface area contributed by atoms with Gasteiger partial charge in [-0.15, -0.1) is 0 Å². The van der Waals surface area contributed by atoms with Crippen molar-refractivity contribution in [3.05, 3.63) is 58.9 Å². The van der Waals surface area contributed by atoms with Crippen molar-refractivity contribution < 1.29 is 19.1 Å². The third kappa shape index (κ3) is 5.82. The minimum Gasteiger partial charge on any atom is -0.462 e. The van der Waals surface area contributed by atoms with E-state index >= 15 is 0 Å². The summed E-state index contributed by atoms with van der Waals surface area (Å²) in [5.74, 6) is -0.602. The van der Waals surface area contributed by atoms with Gasteiger partial charge < -0.3 is 19.3 Å². The number of anilines is 1. The first-order valence-corrected chi connectivity index (χ1v) is 10.7. The Balaban J connectivity index is 1.81. The second-order valence-electron chi connectivity index (χ2n) is 7.93. The van der Waals surface area contributed by atoms with Gasteiger partial charge in [0.25, 0.3) is 5.91 Å². The Morgan fingerprint density at radius 1 is 1.16 bits per heavy atom. The predicted octanol–water partition coefficient (Wildman–Crippen LogP) is 3.45. The van der Waals surface area contributed by atoms with Crippen molar-refractivity contribution in [3.63, 3.8) is 0 Å². The number of aromatic nitrogens is 1. The Morgan fingerprint density at radius 3 is 2.48 bits per heavy atom. The van der Waals surface area contributed by atoms with Crippen LogP contribution in [0.15, 0.2) is 36.4 Å². The largest absolute Gasteiger partial charge is 0.462 e. The quantitative estimate of drug-likeness (QED) is 0.603. The normalized spacial score (nSPS) is 15.5. The number of hydrogen-bond acceptors (Lipinski definition) is 6. The number of aryl methyl sites for hydroxylation is 1. The van der Waals surface area contributed by atoms with Crippen molar-refractivity contribution in [1.82, 2.24) is 9.88 Å². The van der Waals surface area contributed by atoms with Gasteiger partial charge in [0.05, 0.1) is 24.0 Å². The highest BCUT2D eigenvalue weighted by Gasteiger charge is 2.25. The number of nitrogens with zero attached hydrogens (tertiary/aromatic N) is 3. The Morgan fingerprint density at radius 2 is 1.90 bits per heavy atom. The molecule has 1 amide bonds. The molecule has 0 bridgehead atoms. The fraction of sp³-hybridized carbons (Fsp3) is 0.458. The topological polar surface area (TPSA) is 72.0 Å². The first kappa shape index (κ1) is 22.7. The molecule has 1 aliphatic heterocycles. The van der Waals surface area contributed by atoms with Crippen LogP contribution in [0.3, 0.4) is 0 Å². The van der Waals surface area contributed by atoms with E-state index in [1.54, 1.807) is 30.9 Å². The van der Waals surface area contributed by atoms with Crippen molar-refractivity contribution in [2.45, 2.75) is 39.3 Å². The minimum absolute atomic E-state index is 0.0323. The highest BCUT2D eigenvalue weighted by molar-refractivity contribution is 5.95. The zero-order valence-electron chi connectivity index (χ0n) is 18.8. The number of rotatable bonds is 8. The van der Waals surface area contributed by atoms with Gasteiger partial charge in [-0.25, -0.2) is 9.78 Å². The van der Waals surface area contributed by atoms with E-state index in [-0.39, 0.29) is 12.0 Å². The summed E-state index contributed by atoms with van der Waals surface area (Å²) in [6, 6.07) is 11.4. The fourth-order valence-electron chi connectivity index (χ4n) is 3.64. The standard InChI is InChI=1S/C24H31N3O4/c1-5-30-24(29)21-12-13-22(25-17(21)2)23(28)27(16-20-7-6-14-31-20)15-18-8-10-19(11-9-18)26(3)4/h8-13,20H,5-7,14-16H2,1-4H3. The van der Waals surface area contributed by atoms with E-state index in [0.29, 0.717) is 36.6 Å². The smallest absolute Gasteiger partial charge is 0.339 e. The van der Waals surface area contributed by atoms with Gasteiger partial charge in [-0.2, -0.15) is 0 Å². The van der Waals surface area contributed by atoms with Crippen LogP contribution in [-0.2, 0) is 16.0 Å². The fourth-order valence-corrected chi connectivity index (χ4v) is 3.64. The molecule has 0 aliphatic carbocycles. The second-order valence-corrected chi connectivity index (χ2v) is 7.93. The number of ether oxygens (including phenoxy) is 2. The van der Waals surface area contributed by atoms with Crippen LogP contribution in [0.5, 0.6) is 0 Å². The maximum Gasteiger partial charge on any atom is 0.339 e. The highest BCUT2D eigenvalue weighted by atomic mass is 16.5. The van der Waals surface area contributed by atoms with Gasteiger partial charge in [0.2, 0.25) is 0 Å². The molecular formula is C24H31N3O4. The van der Waals surface area contributed by atoms with E-state index < -0.39 is 5.97 Å². The summed E-state index contributed by atoms with van der Waals surface area (Å²) in [5.41, 5.74) is 3.32. The Bertz CT molecular complexity index is 906. The van der Waals surface area contributed by atoms with E-state index in [1.807, 2.05) is 43.3 Å². The van der Waals surface area contributed by atoms with Crippen LogP contribution >= 0.6 is 0 Å². The second kappa shape index (κ2) is 10.4. The predicted molar refractivity (Wildman–Crippen MR) is 119 cm³/mol. The average Bonchev–Trinajstić information content (AvgIpc) is 3.26. The molecular weight excluding hydrogens is 394 g/mol. The van der Waals surface area contributed by atoms with Crippen molar-refractivity contribution in [2.24, 2.45) is 0 Å². The zero-order valence-corrected chi connectivity index (χ0v) is 18.8. The SMILES string of the molecule is CCOC(=O)c1ccc(C(=O)N(Cc2ccc(N(C)C)cc2)CC2CCCO2)nc1C. The number of carbonyl (C=O) groups is 2. The number of amides is 1. The van der Waals surface area contributed by atoms with Crippen molar-refractivity contribution in [2.75, 3.05) is 38.8 Å². The number of hydrogen-bond donors (Lipinski definition) is 0. The molecule has 1 aliphatic rings. The molecule has 31 heavy (non-hydrogen) atoms. The van der Waals surface area contributed by atoms with E-state index in [1.165, 1.54) is 0 Å². The van der Waals surface area contributed by atoms with E-state index in [4.69, 9.17) is 9.47 Å². The lowest BCUT2D eigenvalue weighted by atomic mass is 10.1. The van der Waals surface area contributed by atoms with Crippen LogP contribution in [0.4, 0.5) is 5.69 Å². The van der Waals surface area contributed by atoms with Crippen molar-refractivity contribution in [1.29, 1.82) is 0 Å². The van der Waals surface area contributed by atoms with Crippen molar-refractivity contribution >= 4 is 17.6 Å². The van der Waals surface area contributed by atoms with Gasteiger partial charge in [0.1, 0.15) is 5.69 Å². The highest BCUT2D eigenvalue weighted by Crippen LogP contribution is 2.19. The summed E-state index contributed by atoms with van der Waals surface area (Å²) in [4.78, 5) is 33.6. The number of carbonyl (C=O) groups excluding carboxylic acids is 2. The molecule has 1 saturated heterocycles. The van der Waals surface area contributed by atoms with E-state index in [9.17, 15) is 9.59 Å². The number of esters is 1. The maximum absolute atomic E-state index is 13.4. The number of pyridine rings is 1. The Labute approximate surface area is 184 Å². The lowest BCUT2D eigenvalue weighted by molar-refractivity contribution is 0.0498. The lowest BCUT2D eigenvalue weighted by Crippen LogP contribution is -2.37. The van der Waals surface area contributed by atoms with Crippen LogP contribution in [0.2, 0.25) is 0 Å². The lowest BCUT2D eigenvalue weighted by Gasteiger charge is -2.26. The summed E-state index contributed by atoms with van der Waals surface area (Å²) in [6.45, 7) is 5.47. The van der Waals surface area contributed by atoms with Gasteiger partial charge in [-0.3, -0.25) is 4.79 Å². The van der Waals surface area contributed by atoms with Crippen molar-refractivity contribution in [3.8, 4) is 0 Å². The van der Waals surface area contributed by atoms with Crippen LogP contribution < -0.4 is 4.90 Å². The van der Waals surface area contributed by atoms with E-state index in [2.05, 4.69) is 4.98 Å². The molecule has 7 nitrogen and oxygen atoms in total. The first-order valence-electron chi connectivity index (χ1n) is 10.7. The molecule has 0 radical (unpaired) electrons. The number of benzene rings is 1. The molecule has 1 aromatic carbocycles. The van der Waals surface area contributed by atoms with Gasteiger partial charge in [-0.1, -0.05) is 12.1 Å². The Kier molecular flexibility index (Phi) is 7.63. The van der Waals surface area contributed by atoms with Gasteiger partial charge >= 0.3 is 5.97 Å². The summed E-state index contributed by atoms with van der Waals surface area (Å²) >= 11 is 0. The summed E-state index contributed by atoms with van der Waals surface area (Å²) in [6.07, 6.45) is 1.98. The zero-order chi connectivity index (χ0) is 22.4. The molecule has 2 aromatic rings. The third-order valence-corrected chi connectivity index (χ3v) is 5.36. The maximum atomic E-state index is 13.4. The average molecular weight is 426 g/mol. The first-order chi connectivity index (χ1) is 14.9. The third-order valence-electron chi connectivity index (χ3n) is 5.36. The summed E-state index contributed by atoms with van der Waals surface area (Å²) in [7, 11) is 3.99. The molecule has 3 rings (SSSR count). The molecule has 0 saturated carbocycles. The molecule has 0 N–H and O–H groups in total. The molecule has 1 aromatic heterocycles. The monoisotopic (exact) mass is 425 g/mol. The molecule has 0 spiro atoms. The molecule has 7 heteroatoms. The van der Waals surface area contributed by atoms with Gasteiger partial charge in [0.15, 0.2) is 0 Å². The van der Waals surface area contributed by atoms with Gasteiger partial charge in [-0.05, 0) is 56.5 Å². The molecule has 1 fully saturated rings. The Hall–Kier alpha value is -2.93. The van der Waals surface area contributed by atoms with Crippen LogP contribution in [0.25, 0.3) is 0 Å². The summed E-state index contributed by atoms with van der Waals surface area (Å²) in [5, 5.41) is 0. The molecule has 2 heterocycles. The molecule has 166 valence electrons. The van der Waals surface area contributed by atoms with Gasteiger partial charge in [0, 0.05) is 39.5 Å². The molecule has 1 unspecified atom stereocenters. The minimum atomic E-state index is -0.427. The van der Waals surface area contributed by atoms with E-state index in [0.717, 1.165) is 30.7 Å². The van der Waals surface area contributed by atoms with Crippen LogP contribution in [-0.4, -0.2) is 61.7 Å². The molecule has 1 atom stereocenters. The van der Waals surface area contributed by atoms with Crippen LogP contribution in [0, 0.1) is 6.92 Å².